The zero-order chi connectivity index (χ0) is 17.8. The maximum absolute atomic E-state index is 12.2. The first-order valence-corrected chi connectivity index (χ1v) is 7.82. The minimum atomic E-state index is -0.414. The molecule has 0 N–H and O–H groups in total. The number of ether oxygens (including phenoxy) is 3. The van der Waals surface area contributed by atoms with Crippen molar-refractivity contribution in [2.45, 2.75) is 6.92 Å². The van der Waals surface area contributed by atoms with E-state index in [9.17, 15) is 4.79 Å². The van der Waals surface area contributed by atoms with E-state index >= 15 is 0 Å². The number of methoxy groups -OCH3 is 2. The number of hydrogen-bond donors (Lipinski definition) is 0. The van der Waals surface area contributed by atoms with E-state index in [-0.39, 0.29) is 0 Å². The minimum Gasteiger partial charge on any atom is -0.497 e. The molecule has 1 aromatic heterocycles. The molecule has 6 nitrogen and oxygen atoms in total. The summed E-state index contributed by atoms with van der Waals surface area (Å²) in [5, 5.41) is 0. The Kier molecular flexibility index (Phi) is 4.79. The lowest BCUT2D eigenvalue weighted by atomic mass is 10.0. The maximum atomic E-state index is 12.2. The summed E-state index contributed by atoms with van der Waals surface area (Å²) in [6.45, 7) is 2.07. The van der Waals surface area contributed by atoms with Gasteiger partial charge in [0.15, 0.2) is 0 Å². The van der Waals surface area contributed by atoms with Crippen LogP contribution in [0.4, 0.5) is 0 Å². The number of carbonyl (C=O) groups excluding carboxylic acids is 1. The molecule has 0 atom stereocenters. The number of aromatic nitrogens is 2. The van der Waals surface area contributed by atoms with Crippen molar-refractivity contribution in [3.63, 3.8) is 0 Å². The van der Waals surface area contributed by atoms with Crippen molar-refractivity contribution in [2.24, 2.45) is 0 Å². The third-order valence-electron chi connectivity index (χ3n) is 3.78. The Labute approximate surface area is 145 Å². The van der Waals surface area contributed by atoms with Crippen LogP contribution in [0, 0.1) is 0 Å². The van der Waals surface area contributed by atoms with Crippen molar-refractivity contribution < 1.29 is 19.0 Å². The average Bonchev–Trinajstić information content (AvgIpc) is 2.66. The normalized spacial score (nSPS) is 10.5. The molecular weight excluding hydrogens is 320 g/mol. The molecule has 0 aliphatic heterocycles. The van der Waals surface area contributed by atoms with Gasteiger partial charge >= 0.3 is 5.97 Å². The van der Waals surface area contributed by atoms with Gasteiger partial charge < -0.3 is 14.2 Å². The van der Waals surface area contributed by atoms with Crippen molar-refractivity contribution in [1.29, 1.82) is 0 Å². The van der Waals surface area contributed by atoms with E-state index < -0.39 is 5.97 Å². The van der Waals surface area contributed by atoms with Gasteiger partial charge in [-0.2, -0.15) is 0 Å². The van der Waals surface area contributed by atoms with Gasteiger partial charge in [0.1, 0.15) is 17.0 Å². The smallest absolute Gasteiger partial charge is 0.340 e. The Balaban J connectivity index is 2.22. The molecule has 0 amide bonds. The van der Waals surface area contributed by atoms with Gasteiger partial charge in [-0.15, -0.1) is 0 Å². The van der Waals surface area contributed by atoms with Crippen LogP contribution in [0.15, 0.2) is 42.7 Å². The molecule has 0 fully saturated rings. The first-order valence-electron chi connectivity index (χ1n) is 7.82. The Morgan fingerprint density at radius 3 is 2.20 bits per heavy atom. The van der Waals surface area contributed by atoms with E-state index in [1.54, 1.807) is 45.7 Å². The number of esters is 1. The van der Waals surface area contributed by atoms with E-state index in [0.29, 0.717) is 34.7 Å². The van der Waals surface area contributed by atoms with Crippen molar-refractivity contribution in [2.75, 3.05) is 20.8 Å². The summed E-state index contributed by atoms with van der Waals surface area (Å²) in [5.41, 5.74) is 3.19. The Bertz CT molecular complexity index is 902. The third-order valence-corrected chi connectivity index (χ3v) is 3.78. The van der Waals surface area contributed by atoms with E-state index in [1.807, 2.05) is 18.2 Å². The lowest BCUT2D eigenvalue weighted by Crippen LogP contribution is -2.06. The number of benzene rings is 2. The molecule has 0 spiro atoms. The maximum Gasteiger partial charge on any atom is 0.340 e. The molecule has 0 aliphatic carbocycles. The zero-order valence-corrected chi connectivity index (χ0v) is 14.3. The SMILES string of the molecule is CCOC(=O)c1ccc(-c2cc(OC)cc(OC)c2)c2nccnc12. The van der Waals surface area contributed by atoms with Crippen molar-refractivity contribution in [3.8, 4) is 22.6 Å². The van der Waals surface area contributed by atoms with Crippen LogP contribution >= 0.6 is 0 Å². The largest absolute Gasteiger partial charge is 0.497 e. The fourth-order valence-electron chi connectivity index (χ4n) is 2.63. The monoisotopic (exact) mass is 338 g/mol. The number of carbonyl (C=O) groups is 1. The Hall–Kier alpha value is -3.15. The second-order valence-electron chi connectivity index (χ2n) is 5.24. The molecule has 6 heteroatoms. The van der Waals surface area contributed by atoms with Crippen LogP contribution in [0.2, 0.25) is 0 Å². The van der Waals surface area contributed by atoms with Crippen molar-refractivity contribution in [1.82, 2.24) is 9.97 Å². The molecule has 0 bridgehead atoms. The topological polar surface area (TPSA) is 70.5 Å². The minimum absolute atomic E-state index is 0.301. The fourth-order valence-corrected chi connectivity index (χ4v) is 2.63. The molecular formula is C19H18N2O4. The van der Waals surface area contributed by atoms with Gasteiger partial charge in [0, 0.05) is 24.0 Å². The number of hydrogen-bond acceptors (Lipinski definition) is 6. The Morgan fingerprint density at radius 2 is 1.60 bits per heavy atom. The van der Waals surface area contributed by atoms with E-state index in [0.717, 1.165) is 11.1 Å². The first-order chi connectivity index (χ1) is 12.2. The van der Waals surface area contributed by atoms with Gasteiger partial charge in [-0.3, -0.25) is 9.97 Å². The average molecular weight is 338 g/mol. The van der Waals surface area contributed by atoms with Crippen LogP contribution in [0.3, 0.4) is 0 Å². The number of fused-ring (bicyclic) bond motifs is 1. The quantitative estimate of drug-likeness (QED) is 0.663. The van der Waals surface area contributed by atoms with Gasteiger partial charge in [-0.1, -0.05) is 6.07 Å². The van der Waals surface area contributed by atoms with E-state index in [2.05, 4.69) is 9.97 Å². The number of rotatable bonds is 5. The highest BCUT2D eigenvalue weighted by atomic mass is 16.5. The first kappa shape index (κ1) is 16.7. The molecule has 0 aliphatic rings. The summed E-state index contributed by atoms with van der Waals surface area (Å²) in [4.78, 5) is 20.9. The summed E-state index contributed by atoms with van der Waals surface area (Å²) in [6, 6.07) is 9.10. The molecule has 0 saturated heterocycles. The van der Waals surface area contributed by atoms with Crippen LogP contribution in [0.1, 0.15) is 17.3 Å². The van der Waals surface area contributed by atoms with Crippen molar-refractivity contribution in [3.05, 3.63) is 48.3 Å². The van der Waals surface area contributed by atoms with Crippen LogP contribution in [-0.2, 0) is 4.74 Å². The van der Waals surface area contributed by atoms with Gasteiger partial charge in [-0.25, -0.2) is 4.79 Å². The molecule has 0 saturated carbocycles. The molecule has 0 radical (unpaired) electrons. The predicted octanol–water partition coefficient (Wildman–Crippen LogP) is 3.49. The second-order valence-corrected chi connectivity index (χ2v) is 5.24. The highest BCUT2D eigenvalue weighted by Gasteiger charge is 2.17. The molecule has 2 aromatic carbocycles. The predicted molar refractivity (Wildman–Crippen MR) is 94.0 cm³/mol. The molecule has 3 rings (SSSR count). The third kappa shape index (κ3) is 3.24. The van der Waals surface area contributed by atoms with Crippen LogP contribution < -0.4 is 9.47 Å². The Morgan fingerprint density at radius 1 is 0.960 bits per heavy atom. The van der Waals surface area contributed by atoms with Gasteiger partial charge in [-0.05, 0) is 30.7 Å². The lowest BCUT2D eigenvalue weighted by Gasteiger charge is -2.12. The summed E-state index contributed by atoms with van der Waals surface area (Å²) >= 11 is 0. The van der Waals surface area contributed by atoms with Gasteiger partial charge in [0.25, 0.3) is 0 Å². The summed E-state index contributed by atoms with van der Waals surface area (Å²) in [6.07, 6.45) is 3.15. The van der Waals surface area contributed by atoms with Crippen LogP contribution in [0.5, 0.6) is 11.5 Å². The van der Waals surface area contributed by atoms with Crippen LogP contribution in [0.25, 0.3) is 22.2 Å². The fraction of sp³-hybridized carbons (Fsp3) is 0.211. The second kappa shape index (κ2) is 7.17. The van der Waals surface area contributed by atoms with Gasteiger partial charge in [0.2, 0.25) is 0 Å². The standard InChI is InChI=1S/C19H18N2O4/c1-4-25-19(22)16-6-5-15(17-18(16)21-8-7-20-17)12-9-13(23-2)11-14(10-12)24-3/h5-11H,4H2,1-3H3. The molecule has 128 valence electrons. The summed E-state index contributed by atoms with van der Waals surface area (Å²) < 4.78 is 15.8. The van der Waals surface area contributed by atoms with E-state index in [4.69, 9.17) is 14.2 Å². The summed E-state index contributed by atoms with van der Waals surface area (Å²) in [5.74, 6) is 0.921. The number of nitrogens with zero attached hydrogens (tertiary/aromatic N) is 2. The summed E-state index contributed by atoms with van der Waals surface area (Å²) in [7, 11) is 3.20. The highest BCUT2D eigenvalue weighted by molar-refractivity contribution is 6.06. The zero-order valence-electron chi connectivity index (χ0n) is 14.3. The molecule has 0 unspecified atom stereocenters. The highest BCUT2D eigenvalue weighted by Crippen LogP contribution is 2.34. The molecule has 25 heavy (non-hydrogen) atoms. The lowest BCUT2D eigenvalue weighted by molar-refractivity contribution is 0.0528. The molecule has 1 heterocycles. The molecule has 3 aromatic rings. The van der Waals surface area contributed by atoms with Crippen LogP contribution in [-0.4, -0.2) is 36.8 Å². The van der Waals surface area contributed by atoms with Crippen molar-refractivity contribution >= 4 is 17.0 Å². The van der Waals surface area contributed by atoms with Gasteiger partial charge in [0.05, 0.1) is 31.9 Å². The van der Waals surface area contributed by atoms with E-state index in [1.165, 1.54) is 0 Å².